The van der Waals surface area contributed by atoms with Crippen molar-refractivity contribution in [3.8, 4) is 0 Å². The van der Waals surface area contributed by atoms with Crippen molar-refractivity contribution in [1.82, 2.24) is 0 Å². The molecule has 2 N–H and O–H groups in total. The van der Waals surface area contributed by atoms with Gasteiger partial charge < -0.3 is 10.5 Å². The van der Waals surface area contributed by atoms with E-state index in [1.807, 2.05) is 11.4 Å². The Balaban J connectivity index is 2.92. The molecule has 0 saturated carbocycles. The van der Waals surface area contributed by atoms with E-state index >= 15 is 0 Å². The first-order valence-corrected chi connectivity index (χ1v) is 5.12. The lowest BCUT2D eigenvalue weighted by atomic mass is 10.1. The molecule has 0 aliphatic heterocycles. The third kappa shape index (κ3) is 2.21. The van der Waals surface area contributed by atoms with Crippen molar-refractivity contribution in [2.24, 2.45) is 5.73 Å². The first-order valence-electron chi connectivity index (χ1n) is 4.24. The van der Waals surface area contributed by atoms with Gasteiger partial charge in [0.1, 0.15) is 4.88 Å². The average Bonchev–Trinajstić information content (AvgIpc) is 2.65. The van der Waals surface area contributed by atoms with Gasteiger partial charge in [0.05, 0.1) is 7.11 Å². The minimum atomic E-state index is -0.312. The molecule has 0 aliphatic rings. The largest absolute Gasteiger partial charge is 0.465 e. The molecule has 0 spiro atoms. The lowest BCUT2D eigenvalue weighted by Gasteiger charge is -2.04. The Morgan fingerprint density at radius 3 is 3.00 bits per heavy atom. The van der Waals surface area contributed by atoms with Crippen LogP contribution in [0.5, 0.6) is 0 Å². The zero-order valence-corrected chi connectivity index (χ0v) is 8.89. The first kappa shape index (κ1) is 10.9. The van der Waals surface area contributed by atoms with Gasteiger partial charge in [-0.1, -0.05) is 6.58 Å². The minimum absolute atomic E-state index is 0.312. The van der Waals surface area contributed by atoms with Crippen LogP contribution < -0.4 is 5.73 Å². The molecule has 0 aromatic carbocycles. The fourth-order valence-corrected chi connectivity index (χ4v) is 2.01. The van der Waals surface area contributed by atoms with Crippen molar-refractivity contribution in [2.75, 3.05) is 13.7 Å². The standard InChI is InChI=1S/C10H13NO2S/c1-7(3-5-11)8-4-6-14-9(8)10(12)13-2/h4,6H,1,3,5,11H2,2H3. The highest BCUT2D eigenvalue weighted by Crippen LogP contribution is 2.25. The van der Waals surface area contributed by atoms with E-state index in [4.69, 9.17) is 5.73 Å². The van der Waals surface area contributed by atoms with Gasteiger partial charge in [0.2, 0.25) is 0 Å². The molecule has 0 amide bonds. The van der Waals surface area contributed by atoms with Crippen molar-refractivity contribution in [1.29, 1.82) is 0 Å². The molecule has 0 atom stereocenters. The van der Waals surface area contributed by atoms with E-state index < -0.39 is 0 Å². The molecule has 0 bridgehead atoms. The summed E-state index contributed by atoms with van der Waals surface area (Å²) in [6.07, 6.45) is 0.695. The van der Waals surface area contributed by atoms with Gasteiger partial charge in [-0.2, -0.15) is 0 Å². The number of esters is 1. The van der Waals surface area contributed by atoms with Gasteiger partial charge in [-0.25, -0.2) is 4.79 Å². The van der Waals surface area contributed by atoms with Gasteiger partial charge in [0.25, 0.3) is 0 Å². The number of nitrogens with two attached hydrogens (primary N) is 1. The topological polar surface area (TPSA) is 52.3 Å². The molecular weight excluding hydrogens is 198 g/mol. The van der Waals surface area contributed by atoms with Crippen molar-refractivity contribution in [3.05, 3.63) is 28.5 Å². The maximum absolute atomic E-state index is 11.3. The Bertz CT molecular complexity index is 344. The number of hydrogen-bond donors (Lipinski definition) is 1. The summed E-state index contributed by atoms with van der Waals surface area (Å²) in [6.45, 7) is 4.42. The smallest absolute Gasteiger partial charge is 0.348 e. The Hall–Kier alpha value is -1.13. The third-order valence-corrected chi connectivity index (χ3v) is 2.76. The van der Waals surface area contributed by atoms with E-state index in [1.165, 1.54) is 18.4 Å². The van der Waals surface area contributed by atoms with Gasteiger partial charge in [-0.3, -0.25) is 0 Å². The van der Waals surface area contributed by atoms with Crippen LogP contribution in [-0.2, 0) is 4.74 Å². The van der Waals surface area contributed by atoms with E-state index in [0.717, 1.165) is 11.1 Å². The predicted octanol–water partition coefficient (Wildman–Crippen LogP) is 1.90. The SMILES string of the molecule is C=C(CCN)c1ccsc1C(=O)OC. The monoisotopic (exact) mass is 211 g/mol. The van der Waals surface area contributed by atoms with Gasteiger partial charge in [0.15, 0.2) is 0 Å². The number of ether oxygens (including phenoxy) is 1. The lowest BCUT2D eigenvalue weighted by Crippen LogP contribution is -2.04. The normalized spacial score (nSPS) is 9.86. The summed E-state index contributed by atoms with van der Waals surface area (Å²) in [5, 5.41) is 1.85. The van der Waals surface area contributed by atoms with Crippen molar-refractivity contribution in [2.45, 2.75) is 6.42 Å². The van der Waals surface area contributed by atoms with E-state index in [2.05, 4.69) is 11.3 Å². The summed E-state index contributed by atoms with van der Waals surface area (Å²) in [5.41, 5.74) is 7.16. The summed E-state index contributed by atoms with van der Waals surface area (Å²) < 4.78 is 4.66. The molecule has 1 aromatic heterocycles. The van der Waals surface area contributed by atoms with Crippen molar-refractivity contribution >= 4 is 22.9 Å². The van der Waals surface area contributed by atoms with Gasteiger partial charge in [-0.05, 0) is 30.0 Å². The fraction of sp³-hybridized carbons (Fsp3) is 0.300. The van der Waals surface area contributed by atoms with Crippen LogP contribution >= 0.6 is 11.3 Å². The van der Waals surface area contributed by atoms with Crippen LogP contribution in [0.25, 0.3) is 5.57 Å². The molecule has 0 fully saturated rings. The van der Waals surface area contributed by atoms with Gasteiger partial charge >= 0.3 is 5.97 Å². The Morgan fingerprint density at radius 2 is 2.43 bits per heavy atom. The maximum Gasteiger partial charge on any atom is 0.348 e. The van der Waals surface area contributed by atoms with Crippen LogP contribution in [-0.4, -0.2) is 19.6 Å². The molecule has 0 unspecified atom stereocenters. The summed E-state index contributed by atoms with van der Waals surface area (Å²) in [5.74, 6) is -0.312. The van der Waals surface area contributed by atoms with Gasteiger partial charge in [-0.15, -0.1) is 11.3 Å². The molecular formula is C10H13NO2S. The van der Waals surface area contributed by atoms with E-state index in [1.54, 1.807) is 0 Å². The Morgan fingerprint density at radius 1 is 1.71 bits per heavy atom. The van der Waals surface area contributed by atoms with Crippen LogP contribution in [0.1, 0.15) is 21.7 Å². The lowest BCUT2D eigenvalue weighted by molar-refractivity contribution is 0.0606. The fourth-order valence-electron chi connectivity index (χ4n) is 1.15. The molecule has 0 radical (unpaired) electrons. The summed E-state index contributed by atoms with van der Waals surface area (Å²) in [6, 6.07) is 1.87. The second-order valence-electron chi connectivity index (χ2n) is 2.80. The maximum atomic E-state index is 11.3. The zero-order chi connectivity index (χ0) is 10.6. The zero-order valence-electron chi connectivity index (χ0n) is 8.08. The molecule has 76 valence electrons. The molecule has 14 heavy (non-hydrogen) atoms. The van der Waals surface area contributed by atoms with Crippen molar-refractivity contribution < 1.29 is 9.53 Å². The highest BCUT2D eigenvalue weighted by atomic mass is 32.1. The molecule has 0 saturated heterocycles. The number of carbonyl (C=O) groups is 1. The quantitative estimate of drug-likeness (QED) is 0.774. The van der Waals surface area contributed by atoms with Crippen LogP contribution in [0.2, 0.25) is 0 Å². The van der Waals surface area contributed by atoms with Crippen LogP contribution in [0.15, 0.2) is 18.0 Å². The van der Waals surface area contributed by atoms with Gasteiger partial charge in [0, 0.05) is 5.56 Å². The van der Waals surface area contributed by atoms with Crippen LogP contribution in [0.3, 0.4) is 0 Å². The highest BCUT2D eigenvalue weighted by Gasteiger charge is 2.14. The number of thiophene rings is 1. The second-order valence-corrected chi connectivity index (χ2v) is 3.71. The summed E-state index contributed by atoms with van der Waals surface area (Å²) in [4.78, 5) is 11.9. The molecule has 1 rings (SSSR count). The molecule has 3 nitrogen and oxygen atoms in total. The minimum Gasteiger partial charge on any atom is -0.465 e. The van der Waals surface area contributed by atoms with Crippen LogP contribution in [0, 0.1) is 0 Å². The van der Waals surface area contributed by atoms with E-state index in [-0.39, 0.29) is 5.97 Å². The summed E-state index contributed by atoms with van der Waals surface area (Å²) >= 11 is 1.36. The Kier molecular flexibility index (Phi) is 3.85. The van der Waals surface area contributed by atoms with Crippen molar-refractivity contribution in [3.63, 3.8) is 0 Å². The Labute approximate surface area is 87.2 Å². The molecule has 1 heterocycles. The van der Waals surface area contributed by atoms with Crippen LogP contribution in [0.4, 0.5) is 0 Å². The number of hydrogen-bond acceptors (Lipinski definition) is 4. The van der Waals surface area contributed by atoms with E-state index in [9.17, 15) is 4.79 Å². The average molecular weight is 211 g/mol. The van der Waals surface area contributed by atoms with E-state index in [0.29, 0.717) is 17.8 Å². The molecule has 0 aliphatic carbocycles. The predicted molar refractivity (Wildman–Crippen MR) is 58.4 cm³/mol. The summed E-state index contributed by atoms with van der Waals surface area (Å²) in [7, 11) is 1.37. The second kappa shape index (κ2) is 4.93. The number of rotatable bonds is 4. The number of methoxy groups -OCH3 is 1. The third-order valence-electron chi connectivity index (χ3n) is 1.86. The highest BCUT2D eigenvalue weighted by molar-refractivity contribution is 7.12. The first-order chi connectivity index (χ1) is 6.70. The number of carbonyl (C=O) groups excluding carboxylic acids is 1. The molecule has 4 heteroatoms. The molecule has 1 aromatic rings.